The Bertz CT molecular complexity index is 661. The van der Waals surface area contributed by atoms with Crippen molar-refractivity contribution in [3.05, 3.63) is 10.6 Å². The molecule has 0 atom stereocenters. The van der Waals surface area contributed by atoms with E-state index in [1.54, 1.807) is 16.5 Å². The summed E-state index contributed by atoms with van der Waals surface area (Å²) < 4.78 is 39.0. The van der Waals surface area contributed by atoms with E-state index in [0.717, 1.165) is 0 Å². The first-order valence-corrected chi connectivity index (χ1v) is 7.12. The molecule has 0 radical (unpaired) electrons. The van der Waals surface area contributed by atoms with E-state index in [0.29, 0.717) is 34.6 Å². The third-order valence-corrected chi connectivity index (χ3v) is 3.53. The van der Waals surface area contributed by atoms with Gasteiger partial charge in [0.05, 0.1) is 0 Å². The fourth-order valence-electron chi connectivity index (χ4n) is 2.34. The number of aryl methyl sites for hydroxylation is 1. The van der Waals surface area contributed by atoms with Crippen LogP contribution in [0.2, 0.25) is 0 Å². The Labute approximate surface area is 126 Å². The van der Waals surface area contributed by atoms with Gasteiger partial charge < -0.3 is 9.88 Å². The van der Waals surface area contributed by atoms with Crippen LogP contribution in [0.3, 0.4) is 0 Å². The van der Waals surface area contributed by atoms with Crippen molar-refractivity contribution in [1.29, 1.82) is 0 Å². The van der Waals surface area contributed by atoms with Gasteiger partial charge in [0.25, 0.3) is 0 Å². The van der Waals surface area contributed by atoms with E-state index in [-0.39, 0.29) is 13.0 Å². The van der Waals surface area contributed by atoms with Gasteiger partial charge >= 0.3 is 6.18 Å². The number of anilines is 1. The molecule has 1 N–H and O–H groups in total. The molecule has 1 aliphatic rings. The molecule has 10 heteroatoms. The van der Waals surface area contributed by atoms with Crippen LogP contribution in [0.1, 0.15) is 18.7 Å². The van der Waals surface area contributed by atoms with Crippen LogP contribution in [0.25, 0.3) is 11.5 Å². The molecule has 114 valence electrons. The number of fused-ring (bicyclic) bond motifs is 3. The van der Waals surface area contributed by atoms with Crippen LogP contribution in [0.5, 0.6) is 0 Å². The molecule has 0 fully saturated rings. The van der Waals surface area contributed by atoms with E-state index in [1.165, 1.54) is 0 Å². The SMILES string of the molecule is Cc1nc2n(n1)CN(CCCC(F)(F)F)c1nc(Br)[nH]c1-2. The van der Waals surface area contributed by atoms with Crippen molar-refractivity contribution in [2.75, 3.05) is 11.4 Å². The molecule has 2 aromatic heterocycles. The average molecular weight is 365 g/mol. The molecule has 3 rings (SSSR count). The highest BCUT2D eigenvalue weighted by Gasteiger charge is 2.30. The van der Waals surface area contributed by atoms with Crippen LogP contribution in [0, 0.1) is 6.92 Å². The second-order valence-corrected chi connectivity index (χ2v) is 5.58. The van der Waals surface area contributed by atoms with E-state index >= 15 is 0 Å². The van der Waals surface area contributed by atoms with Crippen molar-refractivity contribution in [1.82, 2.24) is 24.7 Å². The number of nitrogens with zero attached hydrogens (tertiary/aromatic N) is 5. The summed E-state index contributed by atoms with van der Waals surface area (Å²) in [7, 11) is 0. The highest BCUT2D eigenvalue weighted by Crippen LogP contribution is 2.34. The summed E-state index contributed by atoms with van der Waals surface area (Å²) in [6.45, 7) is 2.37. The van der Waals surface area contributed by atoms with Crippen molar-refractivity contribution in [2.24, 2.45) is 0 Å². The van der Waals surface area contributed by atoms with Crippen molar-refractivity contribution >= 4 is 21.7 Å². The quantitative estimate of drug-likeness (QED) is 0.909. The summed E-state index contributed by atoms with van der Waals surface area (Å²) >= 11 is 3.25. The fraction of sp³-hybridized carbons (Fsp3) is 0.545. The number of aromatic nitrogens is 5. The van der Waals surface area contributed by atoms with Gasteiger partial charge in [-0.3, -0.25) is 0 Å². The second-order valence-electron chi connectivity index (χ2n) is 4.83. The second kappa shape index (κ2) is 5.00. The molecule has 0 saturated heterocycles. The predicted molar refractivity (Wildman–Crippen MR) is 72.7 cm³/mol. The molecular formula is C11H12BrF3N6. The van der Waals surface area contributed by atoms with E-state index in [4.69, 9.17) is 0 Å². The Morgan fingerprint density at radius 3 is 2.81 bits per heavy atom. The van der Waals surface area contributed by atoms with Crippen LogP contribution < -0.4 is 4.90 Å². The average Bonchev–Trinajstić information content (AvgIpc) is 2.89. The molecular weight excluding hydrogens is 353 g/mol. The monoisotopic (exact) mass is 364 g/mol. The minimum atomic E-state index is -4.14. The van der Waals surface area contributed by atoms with Gasteiger partial charge in [-0.25, -0.2) is 14.6 Å². The molecule has 21 heavy (non-hydrogen) atoms. The summed E-state index contributed by atoms with van der Waals surface area (Å²) in [5.41, 5.74) is 0.667. The van der Waals surface area contributed by atoms with Crippen molar-refractivity contribution in [2.45, 2.75) is 32.6 Å². The van der Waals surface area contributed by atoms with Gasteiger partial charge in [-0.2, -0.15) is 18.3 Å². The number of hydrogen-bond acceptors (Lipinski definition) is 4. The number of nitrogens with one attached hydrogen (secondary N) is 1. The number of halogens is 4. The highest BCUT2D eigenvalue weighted by molar-refractivity contribution is 9.10. The van der Waals surface area contributed by atoms with Crippen LogP contribution in [0.4, 0.5) is 19.0 Å². The third kappa shape index (κ3) is 2.89. The summed E-state index contributed by atoms with van der Waals surface area (Å²) in [6.07, 6.45) is -4.94. The molecule has 2 aromatic rings. The van der Waals surface area contributed by atoms with Gasteiger partial charge in [-0.05, 0) is 29.3 Å². The lowest BCUT2D eigenvalue weighted by Crippen LogP contribution is -2.32. The van der Waals surface area contributed by atoms with E-state index in [1.807, 2.05) is 0 Å². The molecule has 0 unspecified atom stereocenters. The first kappa shape index (κ1) is 14.4. The van der Waals surface area contributed by atoms with Crippen LogP contribution in [-0.2, 0) is 6.67 Å². The molecule has 1 aliphatic heterocycles. The van der Waals surface area contributed by atoms with Gasteiger partial charge in [0.2, 0.25) is 0 Å². The van der Waals surface area contributed by atoms with Gasteiger partial charge in [0.1, 0.15) is 18.2 Å². The fourth-order valence-corrected chi connectivity index (χ4v) is 2.70. The van der Waals surface area contributed by atoms with Gasteiger partial charge in [0, 0.05) is 13.0 Å². The third-order valence-electron chi connectivity index (χ3n) is 3.15. The first-order chi connectivity index (χ1) is 9.83. The molecule has 0 spiro atoms. The van der Waals surface area contributed by atoms with E-state index in [9.17, 15) is 13.2 Å². The first-order valence-electron chi connectivity index (χ1n) is 6.32. The minimum Gasteiger partial charge on any atom is -0.335 e. The maximum atomic E-state index is 12.3. The lowest BCUT2D eigenvalue weighted by atomic mass is 10.2. The number of hydrogen-bond donors (Lipinski definition) is 1. The molecule has 0 aromatic carbocycles. The van der Waals surface area contributed by atoms with Crippen LogP contribution >= 0.6 is 15.9 Å². The maximum Gasteiger partial charge on any atom is 0.389 e. The summed E-state index contributed by atoms with van der Waals surface area (Å²) in [4.78, 5) is 13.4. The zero-order chi connectivity index (χ0) is 15.2. The Morgan fingerprint density at radius 1 is 1.33 bits per heavy atom. The van der Waals surface area contributed by atoms with E-state index < -0.39 is 12.6 Å². The Morgan fingerprint density at radius 2 is 2.10 bits per heavy atom. The molecule has 3 heterocycles. The molecule has 0 saturated carbocycles. The standard InChI is InChI=1S/C11H12BrF3N6/c1-6-16-9-7-8(18-10(12)17-7)20(5-21(9)19-6)4-2-3-11(13,14)15/h2-5H2,1H3,(H,17,18). The molecule has 6 nitrogen and oxygen atoms in total. The molecule has 0 aliphatic carbocycles. The summed E-state index contributed by atoms with van der Waals surface area (Å²) in [6, 6.07) is 0. The largest absolute Gasteiger partial charge is 0.389 e. The van der Waals surface area contributed by atoms with Crippen LogP contribution in [0.15, 0.2) is 4.73 Å². The Balaban J connectivity index is 1.84. The normalized spacial score (nSPS) is 14.2. The Kier molecular flexibility index (Phi) is 3.42. The lowest BCUT2D eigenvalue weighted by molar-refractivity contribution is -0.135. The number of H-pyrrole nitrogens is 1. The number of rotatable bonds is 3. The number of imidazole rings is 1. The molecule has 0 bridgehead atoms. The maximum absolute atomic E-state index is 12.3. The summed E-state index contributed by atoms with van der Waals surface area (Å²) in [5.74, 6) is 1.86. The molecule has 0 amide bonds. The highest BCUT2D eigenvalue weighted by atomic mass is 79.9. The zero-order valence-corrected chi connectivity index (χ0v) is 12.7. The Hall–Kier alpha value is -1.58. The van der Waals surface area contributed by atoms with Crippen molar-refractivity contribution < 1.29 is 13.2 Å². The van der Waals surface area contributed by atoms with E-state index in [2.05, 4.69) is 36.0 Å². The topological polar surface area (TPSA) is 62.6 Å². The minimum absolute atomic E-state index is 0.0103. The predicted octanol–water partition coefficient (Wildman–Crippen LogP) is 2.86. The zero-order valence-electron chi connectivity index (χ0n) is 11.1. The van der Waals surface area contributed by atoms with Gasteiger partial charge in [-0.1, -0.05) is 0 Å². The van der Waals surface area contributed by atoms with Gasteiger partial charge in [0.15, 0.2) is 16.4 Å². The number of aromatic amines is 1. The lowest BCUT2D eigenvalue weighted by Gasteiger charge is -2.27. The summed E-state index contributed by atoms with van der Waals surface area (Å²) in [5, 5.41) is 4.25. The van der Waals surface area contributed by atoms with Gasteiger partial charge in [-0.15, -0.1) is 0 Å². The number of alkyl halides is 3. The van der Waals surface area contributed by atoms with Crippen molar-refractivity contribution in [3.8, 4) is 11.5 Å². The van der Waals surface area contributed by atoms with Crippen molar-refractivity contribution in [3.63, 3.8) is 0 Å². The van der Waals surface area contributed by atoms with Crippen LogP contribution in [-0.4, -0.2) is 37.5 Å². The smallest absolute Gasteiger partial charge is 0.335 e.